The molecule has 2 N–H and O–H groups in total. The van der Waals surface area contributed by atoms with E-state index in [0.717, 1.165) is 31.9 Å². The maximum atomic E-state index is 13.5. The van der Waals surface area contributed by atoms with Gasteiger partial charge in [-0.25, -0.2) is 0 Å². The lowest BCUT2D eigenvalue weighted by Gasteiger charge is -2.32. The van der Waals surface area contributed by atoms with Gasteiger partial charge >= 0.3 is 0 Å². The molecule has 6 amide bonds. The third-order valence-corrected chi connectivity index (χ3v) is 10.2. The van der Waals surface area contributed by atoms with Gasteiger partial charge in [0.1, 0.15) is 13.1 Å². The van der Waals surface area contributed by atoms with Crippen molar-refractivity contribution < 1.29 is 38.2 Å². The molecule has 0 radical (unpaired) electrons. The van der Waals surface area contributed by atoms with Crippen LogP contribution in [0.2, 0.25) is 0 Å². The quantitative estimate of drug-likeness (QED) is 0.184. The molecule has 53 heavy (non-hydrogen) atoms. The van der Waals surface area contributed by atoms with Gasteiger partial charge in [-0.05, 0) is 42.8 Å². The molecule has 0 saturated carbocycles. The van der Waals surface area contributed by atoms with Gasteiger partial charge in [0.05, 0.1) is 26.4 Å². The van der Waals surface area contributed by atoms with Crippen LogP contribution in [0.25, 0.3) is 21.5 Å². The minimum atomic E-state index is -0.534. The van der Waals surface area contributed by atoms with Gasteiger partial charge in [0.15, 0.2) is 0 Å². The van der Waals surface area contributed by atoms with E-state index in [9.17, 15) is 28.8 Å². The van der Waals surface area contributed by atoms with E-state index in [1.54, 1.807) is 36.4 Å². The summed E-state index contributed by atoms with van der Waals surface area (Å²) in [6.07, 6.45) is 0.334. The molecule has 14 nitrogen and oxygen atoms in total. The lowest BCUT2D eigenvalue weighted by molar-refractivity contribution is -0.121. The van der Waals surface area contributed by atoms with Crippen molar-refractivity contribution in [1.29, 1.82) is 0 Å². The minimum absolute atomic E-state index is 0.160. The van der Waals surface area contributed by atoms with Crippen LogP contribution >= 0.6 is 0 Å². The van der Waals surface area contributed by atoms with E-state index in [4.69, 9.17) is 9.47 Å². The Morgan fingerprint density at radius 1 is 0.528 bits per heavy atom. The summed E-state index contributed by atoms with van der Waals surface area (Å²) in [4.78, 5) is 86.0. The lowest BCUT2D eigenvalue weighted by atomic mass is 9.92. The predicted octanol–water partition coefficient (Wildman–Crippen LogP) is 2.18. The second-order valence-corrected chi connectivity index (χ2v) is 13.4. The summed E-state index contributed by atoms with van der Waals surface area (Å²) in [5, 5.41) is 8.21. The monoisotopic (exact) mass is 718 g/mol. The number of hydrogen-bond donors (Lipinski definition) is 2. The second-order valence-electron chi connectivity index (χ2n) is 13.4. The van der Waals surface area contributed by atoms with Gasteiger partial charge in [-0.1, -0.05) is 24.3 Å². The molecule has 2 fully saturated rings. The lowest BCUT2D eigenvalue weighted by Crippen LogP contribution is -2.47. The van der Waals surface area contributed by atoms with E-state index < -0.39 is 48.5 Å². The third-order valence-electron chi connectivity index (χ3n) is 10.2. The number of benzene rings is 4. The first-order chi connectivity index (χ1) is 25.8. The van der Waals surface area contributed by atoms with Crippen molar-refractivity contribution in [3.63, 3.8) is 0 Å². The Morgan fingerprint density at radius 2 is 0.906 bits per heavy atom. The average Bonchev–Trinajstić information content (AvgIpc) is 3.19. The van der Waals surface area contributed by atoms with Crippen LogP contribution in [0.5, 0.6) is 0 Å². The van der Waals surface area contributed by atoms with Gasteiger partial charge in [-0.2, -0.15) is 0 Å². The predicted molar refractivity (Wildman–Crippen MR) is 195 cm³/mol. The van der Waals surface area contributed by atoms with Gasteiger partial charge in [0, 0.05) is 94.4 Å². The number of amides is 6. The van der Waals surface area contributed by atoms with Gasteiger partial charge in [-0.3, -0.25) is 38.6 Å². The van der Waals surface area contributed by atoms with E-state index in [0.29, 0.717) is 92.1 Å². The normalized spacial score (nSPS) is 17.2. The number of rotatable bonds is 10. The molecule has 0 unspecified atom stereocenters. The molecule has 4 aliphatic heterocycles. The molecule has 4 aromatic rings. The number of anilines is 2. The van der Waals surface area contributed by atoms with Crippen LogP contribution in [0.15, 0.2) is 60.7 Å². The molecule has 14 heteroatoms. The smallest absolute Gasteiger partial charge is 0.261 e. The molecule has 272 valence electrons. The molecular formula is C39H38N6O8. The number of imide groups is 2. The van der Waals surface area contributed by atoms with Crippen molar-refractivity contribution >= 4 is 68.4 Å². The highest BCUT2D eigenvalue weighted by Crippen LogP contribution is 2.37. The maximum absolute atomic E-state index is 13.5. The van der Waals surface area contributed by atoms with Crippen molar-refractivity contribution in [3.8, 4) is 0 Å². The summed E-state index contributed by atoms with van der Waals surface area (Å²) < 4.78 is 11.0. The Labute approximate surface area is 304 Å². The molecular weight excluding hydrogens is 680 g/mol. The molecule has 0 aromatic heterocycles. The van der Waals surface area contributed by atoms with Crippen LogP contribution in [0.3, 0.4) is 0 Å². The summed E-state index contributed by atoms with van der Waals surface area (Å²) in [5.41, 5.74) is 3.33. The molecule has 4 heterocycles. The second kappa shape index (κ2) is 14.3. The molecule has 0 aliphatic carbocycles. The van der Waals surface area contributed by atoms with E-state index >= 15 is 0 Å². The fraction of sp³-hybridized carbons (Fsp3) is 0.333. The Hall–Kier alpha value is -5.86. The first-order valence-corrected chi connectivity index (χ1v) is 17.8. The Balaban J connectivity index is 0.840. The van der Waals surface area contributed by atoms with Crippen LogP contribution in [-0.4, -0.2) is 124 Å². The molecule has 2 saturated heterocycles. The van der Waals surface area contributed by atoms with Gasteiger partial charge in [0.2, 0.25) is 11.8 Å². The maximum Gasteiger partial charge on any atom is 0.261 e. The SMILES string of the molecule is O=C(CN1C(=O)c2cccc3c(N4CCOCC4)ccc(c23)C1=O)NCCCNC(=O)CN1C(=O)c2cccc3c(N4CCOCC4)ccc(c23)C1=O. The molecule has 8 rings (SSSR count). The number of carbonyl (C=O) groups is 6. The van der Waals surface area contributed by atoms with Crippen LogP contribution < -0.4 is 20.4 Å². The largest absolute Gasteiger partial charge is 0.378 e. The average molecular weight is 719 g/mol. The van der Waals surface area contributed by atoms with Crippen LogP contribution in [0.4, 0.5) is 11.4 Å². The Bertz CT molecular complexity index is 1990. The van der Waals surface area contributed by atoms with E-state index in [2.05, 4.69) is 20.4 Å². The Kier molecular flexibility index (Phi) is 9.22. The summed E-state index contributed by atoms with van der Waals surface area (Å²) in [5.74, 6) is -3.18. The van der Waals surface area contributed by atoms with E-state index in [1.165, 1.54) is 0 Å². The highest BCUT2D eigenvalue weighted by atomic mass is 16.5. The highest BCUT2D eigenvalue weighted by Gasteiger charge is 2.36. The van der Waals surface area contributed by atoms with Gasteiger partial charge in [0.25, 0.3) is 23.6 Å². The van der Waals surface area contributed by atoms with Crippen molar-refractivity contribution in [2.24, 2.45) is 0 Å². The van der Waals surface area contributed by atoms with Gasteiger partial charge < -0.3 is 29.9 Å². The minimum Gasteiger partial charge on any atom is -0.378 e. The summed E-state index contributed by atoms with van der Waals surface area (Å²) in [6.45, 7) is 4.63. The van der Waals surface area contributed by atoms with E-state index in [-0.39, 0.29) is 13.1 Å². The summed E-state index contributed by atoms with van der Waals surface area (Å²) >= 11 is 0. The molecule has 4 aliphatic rings. The highest BCUT2D eigenvalue weighted by molar-refractivity contribution is 6.28. The van der Waals surface area contributed by atoms with Crippen molar-refractivity contribution in [2.75, 3.05) is 88.6 Å². The third kappa shape index (κ3) is 6.23. The fourth-order valence-electron chi connectivity index (χ4n) is 7.65. The van der Waals surface area contributed by atoms with Crippen LogP contribution in [-0.2, 0) is 19.1 Å². The Morgan fingerprint density at radius 3 is 1.30 bits per heavy atom. The first-order valence-electron chi connectivity index (χ1n) is 17.8. The number of nitrogens with zero attached hydrogens (tertiary/aromatic N) is 4. The zero-order valence-electron chi connectivity index (χ0n) is 29.0. The number of ether oxygens (including phenoxy) is 2. The topological polar surface area (TPSA) is 158 Å². The molecule has 4 aromatic carbocycles. The standard InChI is InChI=1S/C39H38N6O8/c46-32(22-44-36(48)26-6-1-4-24-30(42-14-18-52-19-15-42)10-8-28(34(24)26)38(44)50)40-12-3-13-41-33(47)23-45-37(49)27-7-2-5-25-31(43-16-20-53-21-17-43)11-9-29(35(25)27)39(45)51/h1-2,4-11H,3,12-23H2,(H,40,46)(H,41,47). The molecule has 0 spiro atoms. The van der Waals surface area contributed by atoms with E-state index in [1.807, 2.05) is 24.3 Å². The van der Waals surface area contributed by atoms with Crippen LogP contribution in [0, 0.1) is 0 Å². The summed E-state index contributed by atoms with van der Waals surface area (Å²) in [7, 11) is 0. The van der Waals surface area contributed by atoms with Crippen molar-refractivity contribution in [3.05, 3.63) is 82.9 Å². The zero-order valence-corrected chi connectivity index (χ0v) is 29.0. The number of carbonyl (C=O) groups excluding carboxylic acids is 6. The van der Waals surface area contributed by atoms with Gasteiger partial charge in [-0.15, -0.1) is 0 Å². The fourth-order valence-corrected chi connectivity index (χ4v) is 7.65. The summed E-state index contributed by atoms with van der Waals surface area (Å²) in [6, 6.07) is 17.9. The van der Waals surface area contributed by atoms with Crippen molar-refractivity contribution in [2.45, 2.75) is 6.42 Å². The number of hydrogen-bond acceptors (Lipinski definition) is 10. The van der Waals surface area contributed by atoms with Crippen LogP contribution in [0.1, 0.15) is 47.9 Å². The number of nitrogens with one attached hydrogen (secondary N) is 2. The molecule has 0 bridgehead atoms. The number of morpholine rings is 2. The molecule has 0 atom stereocenters. The van der Waals surface area contributed by atoms with Crippen molar-refractivity contribution in [1.82, 2.24) is 20.4 Å². The zero-order chi connectivity index (χ0) is 36.6. The first kappa shape index (κ1) is 34.2.